The second kappa shape index (κ2) is 7.61. The van der Waals surface area contributed by atoms with E-state index in [1.807, 2.05) is 25.2 Å². The van der Waals surface area contributed by atoms with Crippen LogP contribution in [0.25, 0.3) is 0 Å². The quantitative estimate of drug-likeness (QED) is 0.741. The van der Waals surface area contributed by atoms with Crippen LogP contribution in [0.3, 0.4) is 0 Å². The van der Waals surface area contributed by atoms with Crippen LogP contribution in [0, 0.1) is 0 Å². The number of carbonyl (C=O) groups excluding carboxylic acids is 2. The molecule has 1 rings (SSSR count). The van der Waals surface area contributed by atoms with Crippen molar-refractivity contribution in [1.29, 1.82) is 0 Å². The summed E-state index contributed by atoms with van der Waals surface area (Å²) in [5.74, 6) is 0.0282. The predicted molar refractivity (Wildman–Crippen MR) is 71.6 cm³/mol. The van der Waals surface area contributed by atoms with Crippen molar-refractivity contribution in [2.75, 3.05) is 27.2 Å². The van der Waals surface area contributed by atoms with E-state index in [0.717, 1.165) is 6.54 Å². The molecular weight excluding hydrogens is 228 g/mol. The summed E-state index contributed by atoms with van der Waals surface area (Å²) in [5.41, 5.74) is 0.670. The summed E-state index contributed by atoms with van der Waals surface area (Å²) in [6.07, 6.45) is 0.542. The van der Waals surface area contributed by atoms with E-state index in [1.54, 1.807) is 24.1 Å². The highest BCUT2D eigenvalue weighted by molar-refractivity contribution is 5.97. The third-order valence-corrected chi connectivity index (χ3v) is 2.78. The molecule has 0 aliphatic heterocycles. The van der Waals surface area contributed by atoms with Crippen molar-refractivity contribution in [3.8, 4) is 0 Å². The van der Waals surface area contributed by atoms with Crippen LogP contribution in [0.1, 0.15) is 23.2 Å². The minimum absolute atomic E-state index is 0.00883. The Bertz CT molecular complexity index is 390. The standard InChI is InChI=1S/C14H20N2O2/c1-15-10-11-16(2)14(18)9-8-13(17)12-6-4-3-5-7-12/h3-7,15H,8-11H2,1-2H3. The van der Waals surface area contributed by atoms with Crippen LogP contribution < -0.4 is 5.32 Å². The number of rotatable bonds is 7. The maximum absolute atomic E-state index is 11.8. The minimum Gasteiger partial charge on any atom is -0.344 e. The summed E-state index contributed by atoms with van der Waals surface area (Å²) in [4.78, 5) is 25.2. The molecule has 4 nitrogen and oxygen atoms in total. The van der Waals surface area contributed by atoms with Gasteiger partial charge in [0.25, 0.3) is 0 Å². The lowest BCUT2D eigenvalue weighted by molar-refractivity contribution is -0.129. The molecule has 1 N–H and O–H groups in total. The van der Waals surface area contributed by atoms with Crippen LogP contribution in [-0.2, 0) is 4.79 Å². The molecule has 0 radical (unpaired) electrons. The van der Waals surface area contributed by atoms with Gasteiger partial charge in [-0.1, -0.05) is 30.3 Å². The van der Waals surface area contributed by atoms with Gasteiger partial charge in [-0.3, -0.25) is 9.59 Å². The highest BCUT2D eigenvalue weighted by atomic mass is 16.2. The average molecular weight is 248 g/mol. The monoisotopic (exact) mass is 248 g/mol. The molecule has 0 saturated carbocycles. The van der Waals surface area contributed by atoms with Gasteiger partial charge >= 0.3 is 0 Å². The summed E-state index contributed by atoms with van der Waals surface area (Å²) in [6.45, 7) is 1.42. The van der Waals surface area contributed by atoms with Crippen LogP contribution in [-0.4, -0.2) is 43.8 Å². The molecule has 0 aliphatic rings. The summed E-state index contributed by atoms with van der Waals surface area (Å²) in [7, 11) is 3.60. The average Bonchev–Trinajstić information content (AvgIpc) is 2.42. The predicted octanol–water partition coefficient (Wildman–Crippen LogP) is 1.33. The molecule has 0 spiro atoms. The Morgan fingerprint density at radius 3 is 2.44 bits per heavy atom. The topological polar surface area (TPSA) is 49.4 Å². The van der Waals surface area contributed by atoms with Gasteiger partial charge in [0.1, 0.15) is 0 Å². The Morgan fingerprint density at radius 1 is 1.17 bits per heavy atom. The molecule has 0 heterocycles. The summed E-state index contributed by atoms with van der Waals surface area (Å²) in [5, 5.41) is 2.98. The molecule has 1 aromatic rings. The molecule has 0 unspecified atom stereocenters. The van der Waals surface area contributed by atoms with Crippen LogP contribution in [0.2, 0.25) is 0 Å². The zero-order chi connectivity index (χ0) is 13.4. The highest BCUT2D eigenvalue weighted by Gasteiger charge is 2.11. The number of amides is 1. The number of Topliss-reactive ketones (excluding diaryl/α,β-unsaturated/α-hetero) is 1. The van der Waals surface area contributed by atoms with Crippen LogP contribution in [0.15, 0.2) is 30.3 Å². The van der Waals surface area contributed by atoms with Gasteiger partial charge in [-0.2, -0.15) is 0 Å². The second-order valence-electron chi connectivity index (χ2n) is 4.21. The third kappa shape index (κ3) is 4.67. The maximum atomic E-state index is 11.8. The summed E-state index contributed by atoms with van der Waals surface area (Å²) in [6, 6.07) is 9.07. The summed E-state index contributed by atoms with van der Waals surface area (Å²) < 4.78 is 0. The van der Waals surface area contributed by atoms with E-state index in [0.29, 0.717) is 12.1 Å². The molecule has 0 aromatic heterocycles. The van der Waals surface area contributed by atoms with E-state index in [4.69, 9.17) is 0 Å². The van der Waals surface area contributed by atoms with Gasteiger partial charge in [0.15, 0.2) is 5.78 Å². The molecule has 0 atom stereocenters. The van der Waals surface area contributed by atoms with Crippen molar-refractivity contribution in [3.05, 3.63) is 35.9 Å². The maximum Gasteiger partial charge on any atom is 0.222 e. The number of nitrogens with one attached hydrogen (secondary N) is 1. The third-order valence-electron chi connectivity index (χ3n) is 2.78. The van der Waals surface area contributed by atoms with Gasteiger partial charge < -0.3 is 10.2 Å². The number of ketones is 1. The van der Waals surface area contributed by atoms with Crippen molar-refractivity contribution in [2.45, 2.75) is 12.8 Å². The Labute approximate surface area is 108 Å². The SMILES string of the molecule is CNCCN(C)C(=O)CCC(=O)c1ccccc1. The number of likely N-dealkylation sites (N-methyl/N-ethyl adjacent to an activating group) is 2. The van der Waals surface area contributed by atoms with Crippen LogP contribution >= 0.6 is 0 Å². The number of nitrogens with zero attached hydrogens (tertiary/aromatic N) is 1. The first-order valence-corrected chi connectivity index (χ1v) is 6.12. The first-order valence-electron chi connectivity index (χ1n) is 6.12. The molecule has 0 aliphatic carbocycles. The van der Waals surface area contributed by atoms with E-state index < -0.39 is 0 Å². The van der Waals surface area contributed by atoms with Crippen molar-refractivity contribution in [3.63, 3.8) is 0 Å². The number of carbonyl (C=O) groups is 2. The first kappa shape index (κ1) is 14.4. The lowest BCUT2D eigenvalue weighted by Crippen LogP contribution is -2.32. The van der Waals surface area contributed by atoms with E-state index in [9.17, 15) is 9.59 Å². The number of hydrogen-bond donors (Lipinski definition) is 1. The fourth-order valence-corrected chi connectivity index (χ4v) is 1.58. The smallest absolute Gasteiger partial charge is 0.222 e. The second-order valence-corrected chi connectivity index (χ2v) is 4.21. The van der Waals surface area contributed by atoms with Gasteiger partial charge in [-0.25, -0.2) is 0 Å². The lowest BCUT2D eigenvalue weighted by atomic mass is 10.1. The Hall–Kier alpha value is -1.68. The van der Waals surface area contributed by atoms with Gasteiger partial charge in [-0.05, 0) is 7.05 Å². The van der Waals surface area contributed by atoms with Gasteiger partial charge in [0.2, 0.25) is 5.91 Å². The van der Waals surface area contributed by atoms with E-state index >= 15 is 0 Å². The lowest BCUT2D eigenvalue weighted by Gasteiger charge is -2.16. The fourth-order valence-electron chi connectivity index (χ4n) is 1.58. The van der Waals surface area contributed by atoms with E-state index in [1.165, 1.54) is 0 Å². The van der Waals surface area contributed by atoms with Gasteiger partial charge in [0.05, 0.1) is 0 Å². The number of hydrogen-bond acceptors (Lipinski definition) is 3. The normalized spacial score (nSPS) is 10.1. The van der Waals surface area contributed by atoms with Crippen molar-refractivity contribution >= 4 is 11.7 Å². The van der Waals surface area contributed by atoms with Crippen molar-refractivity contribution in [2.24, 2.45) is 0 Å². The van der Waals surface area contributed by atoms with Crippen molar-refractivity contribution < 1.29 is 9.59 Å². The molecule has 0 saturated heterocycles. The molecule has 0 bridgehead atoms. The zero-order valence-corrected chi connectivity index (χ0v) is 11.0. The van der Waals surface area contributed by atoms with Gasteiger partial charge in [-0.15, -0.1) is 0 Å². The molecule has 4 heteroatoms. The molecule has 98 valence electrons. The van der Waals surface area contributed by atoms with E-state index in [-0.39, 0.29) is 24.5 Å². The zero-order valence-electron chi connectivity index (χ0n) is 11.0. The molecule has 1 aromatic carbocycles. The fraction of sp³-hybridized carbons (Fsp3) is 0.429. The molecule has 0 fully saturated rings. The molecule has 18 heavy (non-hydrogen) atoms. The first-order chi connectivity index (χ1) is 8.65. The van der Waals surface area contributed by atoms with Crippen LogP contribution in [0.5, 0.6) is 0 Å². The van der Waals surface area contributed by atoms with Crippen LogP contribution in [0.4, 0.5) is 0 Å². The largest absolute Gasteiger partial charge is 0.344 e. The molecule has 1 amide bonds. The van der Waals surface area contributed by atoms with Crippen molar-refractivity contribution in [1.82, 2.24) is 10.2 Å². The summed E-state index contributed by atoms with van der Waals surface area (Å²) >= 11 is 0. The number of benzene rings is 1. The Morgan fingerprint density at radius 2 is 1.83 bits per heavy atom. The Kier molecular flexibility index (Phi) is 6.08. The van der Waals surface area contributed by atoms with E-state index in [2.05, 4.69) is 5.32 Å². The van der Waals surface area contributed by atoms with Gasteiger partial charge in [0, 0.05) is 38.5 Å². The Balaban J connectivity index is 2.36. The highest BCUT2D eigenvalue weighted by Crippen LogP contribution is 2.06. The minimum atomic E-state index is 0.00883. The molecular formula is C14H20N2O2.